The number of fused-ring (bicyclic) bond motifs is 3. The number of nitrogens with one attached hydrogen (secondary N) is 1. The number of hydrogen-bond donors (Lipinski definition) is 1. The standard InChI is InChI=1S/C23H23FN6O2/c1-15-7-8-21-16(10-15)11-17(22-26-27-28-30(21)22)13-29(14-20-6-3-9-32-20)23(31)25-19-5-2-4-18(24)12-19/h2,4-5,7-8,10-12,20H,3,6,9,13-14H2,1H3,(H,25,31)/t20-/m1/s1. The second-order valence-corrected chi connectivity index (χ2v) is 8.10. The molecule has 1 atom stereocenters. The van der Waals surface area contributed by atoms with Crippen LogP contribution in [0.2, 0.25) is 0 Å². The summed E-state index contributed by atoms with van der Waals surface area (Å²) in [5.74, 6) is -0.408. The van der Waals surface area contributed by atoms with Crippen LogP contribution in [0.5, 0.6) is 0 Å². The van der Waals surface area contributed by atoms with E-state index in [0.29, 0.717) is 24.5 Å². The highest BCUT2D eigenvalue weighted by Gasteiger charge is 2.24. The zero-order valence-electron chi connectivity index (χ0n) is 17.7. The van der Waals surface area contributed by atoms with E-state index in [1.54, 1.807) is 21.5 Å². The van der Waals surface area contributed by atoms with Crippen molar-refractivity contribution in [3.8, 4) is 0 Å². The molecular formula is C23H23FN6O2. The Morgan fingerprint density at radius 2 is 2.19 bits per heavy atom. The van der Waals surface area contributed by atoms with Gasteiger partial charge >= 0.3 is 6.03 Å². The van der Waals surface area contributed by atoms with E-state index >= 15 is 0 Å². The summed E-state index contributed by atoms with van der Waals surface area (Å²) in [5.41, 5.74) is 3.83. The molecular weight excluding hydrogens is 411 g/mol. The zero-order valence-corrected chi connectivity index (χ0v) is 17.7. The van der Waals surface area contributed by atoms with Crippen molar-refractivity contribution < 1.29 is 13.9 Å². The molecule has 3 heterocycles. The maximum Gasteiger partial charge on any atom is 0.322 e. The number of pyridine rings is 1. The number of carbonyl (C=O) groups is 1. The van der Waals surface area contributed by atoms with Crippen LogP contribution in [0, 0.1) is 12.7 Å². The number of rotatable bonds is 5. The van der Waals surface area contributed by atoms with Gasteiger partial charge in [-0.2, -0.15) is 4.52 Å². The summed E-state index contributed by atoms with van der Waals surface area (Å²) < 4.78 is 21.1. The van der Waals surface area contributed by atoms with Crippen LogP contribution in [0.1, 0.15) is 24.0 Å². The molecule has 1 fully saturated rings. The SMILES string of the molecule is Cc1ccc2c(c1)cc(CN(C[C@H]1CCCO1)C(=O)Nc1cccc(F)c1)c1nnnn12. The average molecular weight is 434 g/mol. The van der Waals surface area contributed by atoms with Gasteiger partial charge in [0.2, 0.25) is 0 Å². The average Bonchev–Trinajstić information content (AvgIpc) is 3.45. The smallest absolute Gasteiger partial charge is 0.322 e. The molecule has 2 aromatic carbocycles. The number of aryl methyl sites for hydroxylation is 1. The van der Waals surface area contributed by atoms with Gasteiger partial charge in [-0.05, 0) is 66.6 Å². The van der Waals surface area contributed by atoms with Gasteiger partial charge in [0, 0.05) is 29.8 Å². The summed E-state index contributed by atoms with van der Waals surface area (Å²) in [4.78, 5) is 14.9. The van der Waals surface area contributed by atoms with Crippen molar-refractivity contribution >= 4 is 28.3 Å². The number of urea groups is 1. The minimum atomic E-state index is -0.408. The van der Waals surface area contributed by atoms with Gasteiger partial charge in [-0.3, -0.25) is 0 Å². The predicted molar refractivity (Wildman–Crippen MR) is 118 cm³/mol. The third-order valence-electron chi connectivity index (χ3n) is 5.67. The molecule has 1 saturated heterocycles. The molecule has 164 valence electrons. The number of nitrogens with zero attached hydrogens (tertiary/aromatic N) is 5. The summed E-state index contributed by atoms with van der Waals surface area (Å²) in [5, 5.41) is 16.0. The molecule has 2 amide bonds. The number of hydrogen-bond acceptors (Lipinski definition) is 5. The molecule has 0 bridgehead atoms. The second kappa shape index (κ2) is 8.51. The van der Waals surface area contributed by atoms with Gasteiger partial charge in [0.05, 0.1) is 18.2 Å². The summed E-state index contributed by atoms with van der Waals surface area (Å²) in [6.45, 7) is 3.42. The molecule has 0 radical (unpaired) electrons. The number of ether oxygens (including phenoxy) is 1. The highest BCUT2D eigenvalue weighted by atomic mass is 19.1. The van der Waals surface area contributed by atoms with Gasteiger partial charge in [-0.25, -0.2) is 9.18 Å². The highest BCUT2D eigenvalue weighted by molar-refractivity contribution is 5.90. The van der Waals surface area contributed by atoms with Crippen LogP contribution in [0.25, 0.3) is 16.6 Å². The Kier molecular flexibility index (Phi) is 5.40. The van der Waals surface area contributed by atoms with Crippen LogP contribution >= 0.6 is 0 Å². The number of benzene rings is 2. The van der Waals surface area contributed by atoms with Crippen molar-refractivity contribution in [3.63, 3.8) is 0 Å². The molecule has 4 aromatic rings. The van der Waals surface area contributed by atoms with Crippen molar-refractivity contribution in [2.45, 2.75) is 32.4 Å². The maximum atomic E-state index is 13.6. The lowest BCUT2D eigenvalue weighted by molar-refractivity contribution is 0.0820. The molecule has 32 heavy (non-hydrogen) atoms. The summed E-state index contributed by atoms with van der Waals surface area (Å²) in [7, 11) is 0. The van der Waals surface area contributed by atoms with Gasteiger partial charge in [-0.15, -0.1) is 5.10 Å². The van der Waals surface area contributed by atoms with Gasteiger partial charge in [0.1, 0.15) is 5.82 Å². The fraction of sp³-hybridized carbons (Fsp3) is 0.304. The Balaban J connectivity index is 1.49. The molecule has 0 spiro atoms. The highest BCUT2D eigenvalue weighted by Crippen LogP contribution is 2.23. The van der Waals surface area contributed by atoms with Gasteiger partial charge in [-0.1, -0.05) is 17.7 Å². The van der Waals surface area contributed by atoms with Crippen LogP contribution in [0.3, 0.4) is 0 Å². The third-order valence-corrected chi connectivity index (χ3v) is 5.67. The molecule has 1 N–H and O–H groups in total. The molecule has 5 rings (SSSR count). The van der Waals surface area contributed by atoms with E-state index < -0.39 is 5.82 Å². The first kappa shape index (κ1) is 20.3. The molecule has 0 aliphatic carbocycles. The van der Waals surface area contributed by atoms with Gasteiger partial charge in [0.15, 0.2) is 5.65 Å². The maximum absolute atomic E-state index is 13.6. The zero-order chi connectivity index (χ0) is 22.1. The van der Waals surface area contributed by atoms with Crippen LogP contribution in [0.4, 0.5) is 14.9 Å². The molecule has 9 heteroatoms. The second-order valence-electron chi connectivity index (χ2n) is 8.10. The molecule has 0 unspecified atom stereocenters. The van der Waals surface area contributed by atoms with Crippen molar-refractivity contribution in [2.75, 3.05) is 18.5 Å². The number of aromatic nitrogens is 4. The summed E-state index contributed by atoms with van der Waals surface area (Å²) in [6, 6.07) is 13.6. The lowest BCUT2D eigenvalue weighted by Crippen LogP contribution is -2.39. The van der Waals surface area contributed by atoms with E-state index in [0.717, 1.165) is 34.9 Å². The Morgan fingerprint density at radius 3 is 3.00 bits per heavy atom. The monoisotopic (exact) mass is 434 g/mol. The first-order chi connectivity index (χ1) is 15.6. The van der Waals surface area contributed by atoms with Gasteiger partial charge in [0.25, 0.3) is 0 Å². The lowest BCUT2D eigenvalue weighted by atomic mass is 10.1. The molecule has 2 aromatic heterocycles. The van der Waals surface area contributed by atoms with E-state index in [9.17, 15) is 9.18 Å². The van der Waals surface area contributed by atoms with Crippen molar-refractivity contribution in [2.24, 2.45) is 0 Å². The summed E-state index contributed by atoms with van der Waals surface area (Å²) in [6.07, 6.45) is 1.82. The van der Waals surface area contributed by atoms with E-state index in [1.807, 2.05) is 25.1 Å². The third kappa shape index (κ3) is 4.11. The van der Waals surface area contributed by atoms with E-state index in [-0.39, 0.29) is 18.7 Å². The molecule has 1 aliphatic heterocycles. The Hall–Kier alpha value is -3.59. The van der Waals surface area contributed by atoms with Gasteiger partial charge < -0.3 is 15.0 Å². The van der Waals surface area contributed by atoms with Crippen LogP contribution < -0.4 is 5.32 Å². The number of anilines is 1. The molecule has 0 saturated carbocycles. The number of halogens is 1. The van der Waals surface area contributed by atoms with Crippen LogP contribution in [-0.4, -0.2) is 50.2 Å². The quantitative estimate of drug-likeness (QED) is 0.514. The number of amides is 2. The Labute approximate surface area is 184 Å². The first-order valence-corrected chi connectivity index (χ1v) is 10.6. The van der Waals surface area contributed by atoms with E-state index in [2.05, 4.69) is 26.9 Å². The van der Waals surface area contributed by atoms with Crippen LogP contribution in [-0.2, 0) is 11.3 Å². The van der Waals surface area contributed by atoms with E-state index in [1.165, 1.54) is 12.1 Å². The largest absolute Gasteiger partial charge is 0.376 e. The number of carbonyl (C=O) groups excluding carboxylic acids is 1. The van der Waals surface area contributed by atoms with Crippen molar-refractivity contribution in [1.29, 1.82) is 0 Å². The Bertz CT molecular complexity index is 1280. The minimum Gasteiger partial charge on any atom is -0.376 e. The van der Waals surface area contributed by atoms with Crippen LogP contribution in [0.15, 0.2) is 48.5 Å². The predicted octanol–water partition coefficient (Wildman–Crippen LogP) is 3.94. The summed E-state index contributed by atoms with van der Waals surface area (Å²) >= 11 is 0. The lowest BCUT2D eigenvalue weighted by Gasteiger charge is -2.26. The Morgan fingerprint density at radius 1 is 1.28 bits per heavy atom. The fourth-order valence-corrected chi connectivity index (χ4v) is 4.13. The topological polar surface area (TPSA) is 84.6 Å². The van der Waals surface area contributed by atoms with Crippen molar-refractivity contribution in [3.05, 3.63) is 65.5 Å². The fourth-order valence-electron chi connectivity index (χ4n) is 4.13. The first-order valence-electron chi connectivity index (χ1n) is 10.6. The minimum absolute atomic E-state index is 0.0389. The molecule has 8 nitrogen and oxygen atoms in total. The normalized spacial score (nSPS) is 16.0. The number of tetrazole rings is 1. The van der Waals surface area contributed by atoms with E-state index in [4.69, 9.17) is 4.74 Å². The van der Waals surface area contributed by atoms with Crippen molar-refractivity contribution in [1.82, 2.24) is 24.9 Å². The molecule has 1 aliphatic rings.